The predicted molar refractivity (Wildman–Crippen MR) is 54.3 cm³/mol. The second-order valence-corrected chi connectivity index (χ2v) is 5.74. The van der Waals surface area contributed by atoms with Gasteiger partial charge < -0.3 is 5.73 Å². The molecule has 74 valence electrons. The molecule has 1 heteroatoms. The van der Waals surface area contributed by atoms with Gasteiger partial charge in [-0.3, -0.25) is 0 Å². The fraction of sp³-hybridized carbons (Fsp3) is 1.00. The minimum atomic E-state index is 0.316. The van der Waals surface area contributed by atoms with E-state index in [-0.39, 0.29) is 0 Å². The lowest BCUT2D eigenvalue weighted by Crippen LogP contribution is -2.27. The summed E-state index contributed by atoms with van der Waals surface area (Å²) < 4.78 is 0. The van der Waals surface area contributed by atoms with Gasteiger partial charge in [0.15, 0.2) is 0 Å². The van der Waals surface area contributed by atoms with E-state index >= 15 is 0 Å². The molecule has 2 unspecified atom stereocenters. The predicted octanol–water partition coefficient (Wildman–Crippen LogP) is 2.69. The molecule has 0 amide bonds. The topological polar surface area (TPSA) is 26.0 Å². The Labute approximate surface area is 81.1 Å². The van der Waals surface area contributed by atoms with Crippen LogP contribution in [0, 0.1) is 17.8 Å². The molecule has 0 radical (unpaired) electrons. The third kappa shape index (κ3) is 1.52. The molecule has 0 bridgehead atoms. The monoisotopic (exact) mass is 179 g/mol. The smallest absolute Gasteiger partial charge is 0.0192 e. The summed E-state index contributed by atoms with van der Waals surface area (Å²) in [5, 5.41) is 0. The molecule has 0 saturated heterocycles. The zero-order valence-corrected chi connectivity index (χ0v) is 8.47. The van der Waals surface area contributed by atoms with E-state index in [0.717, 1.165) is 17.8 Å². The first kappa shape index (κ1) is 8.28. The van der Waals surface area contributed by atoms with E-state index < -0.39 is 0 Å². The van der Waals surface area contributed by atoms with E-state index in [1.807, 2.05) is 0 Å². The van der Waals surface area contributed by atoms with Gasteiger partial charge >= 0.3 is 0 Å². The first-order chi connectivity index (χ1) is 6.28. The van der Waals surface area contributed by atoms with Crippen LogP contribution in [0.25, 0.3) is 0 Å². The van der Waals surface area contributed by atoms with Crippen LogP contribution in [-0.4, -0.2) is 5.54 Å². The normalized spacial score (nSPS) is 45.5. The quantitative estimate of drug-likeness (QED) is 0.708. The number of nitrogens with two attached hydrogens (primary N) is 1. The van der Waals surface area contributed by atoms with Gasteiger partial charge in [0.05, 0.1) is 0 Å². The van der Waals surface area contributed by atoms with Crippen LogP contribution in [0.5, 0.6) is 0 Å². The minimum absolute atomic E-state index is 0.316. The maximum Gasteiger partial charge on any atom is 0.0192 e. The first-order valence-electron chi connectivity index (χ1n) is 6.07. The lowest BCUT2D eigenvalue weighted by Gasteiger charge is -2.14. The second kappa shape index (κ2) is 2.73. The Kier molecular flexibility index (Phi) is 1.74. The largest absolute Gasteiger partial charge is 0.325 e. The zero-order valence-electron chi connectivity index (χ0n) is 8.47. The van der Waals surface area contributed by atoms with Crippen LogP contribution in [0.1, 0.15) is 51.4 Å². The molecule has 0 aromatic carbocycles. The summed E-state index contributed by atoms with van der Waals surface area (Å²) >= 11 is 0. The Bertz CT molecular complexity index is 203. The van der Waals surface area contributed by atoms with Crippen LogP contribution >= 0.6 is 0 Å². The van der Waals surface area contributed by atoms with Crippen LogP contribution in [0.3, 0.4) is 0 Å². The number of hydrogen-bond donors (Lipinski definition) is 1. The highest BCUT2D eigenvalue weighted by atomic mass is 14.9. The lowest BCUT2D eigenvalue weighted by atomic mass is 9.96. The van der Waals surface area contributed by atoms with Gasteiger partial charge in [-0.2, -0.15) is 0 Å². The van der Waals surface area contributed by atoms with Crippen LogP contribution in [0.2, 0.25) is 0 Å². The molecule has 2 N–H and O–H groups in total. The van der Waals surface area contributed by atoms with Gasteiger partial charge in [-0.15, -0.1) is 0 Å². The highest BCUT2D eigenvalue weighted by Gasteiger charge is 2.55. The van der Waals surface area contributed by atoms with Gasteiger partial charge in [-0.05, 0) is 30.6 Å². The van der Waals surface area contributed by atoms with Crippen molar-refractivity contribution in [3.63, 3.8) is 0 Å². The van der Waals surface area contributed by atoms with E-state index in [1.165, 1.54) is 51.4 Å². The summed E-state index contributed by atoms with van der Waals surface area (Å²) in [5.74, 6) is 2.97. The number of rotatable bonds is 3. The molecule has 2 atom stereocenters. The lowest BCUT2D eigenvalue weighted by molar-refractivity contribution is 0.400. The Hall–Kier alpha value is -0.0400. The summed E-state index contributed by atoms with van der Waals surface area (Å²) in [7, 11) is 0. The Balaban J connectivity index is 1.56. The van der Waals surface area contributed by atoms with E-state index in [0.29, 0.717) is 5.54 Å². The molecule has 0 heterocycles. The molecule has 3 fully saturated rings. The highest BCUT2D eigenvalue weighted by molar-refractivity contribution is 5.12. The fourth-order valence-electron chi connectivity index (χ4n) is 3.44. The maximum atomic E-state index is 6.41. The highest BCUT2D eigenvalue weighted by Crippen LogP contribution is 2.56. The van der Waals surface area contributed by atoms with Crippen molar-refractivity contribution in [1.82, 2.24) is 0 Å². The van der Waals surface area contributed by atoms with Gasteiger partial charge in [0, 0.05) is 5.54 Å². The summed E-state index contributed by atoms with van der Waals surface area (Å²) in [5.41, 5.74) is 6.73. The molecule has 0 spiro atoms. The molecular formula is C12H21N. The van der Waals surface area contributed by atoms with Gasteiger partial charge in [0.1, 0.15) is 0 Å². The molecule has 3 aliphatic rings. The first-order valence-corrected chi connectivity index (χ1v) is 6.07. The Morgan fingerprint density at radius 1 is 1.08 bits per heavy atom. The molecule has 0 aromatic heterocycles. The van der Waals surface area contributed by atoms with Crippen molar-refractivity contribution in [3.05, 3.63) is 0 Å². The minimum Gasteiger partial charge on any atom is -0.325 e. The van der Waals surface area contributed by atoms with Crippen LogP contribution in [0.15, 0.2) is 0 Å². The van der Waals surface area contributed by atoms with Crippen molar-refractivity contribution < 1.29 is 0 Å². The standard InChI is InChI=1S/C12H21N/c13-12(7-9-5-6-9)8-11(12)10-3-1-2-4-10/h9-11H,1-8,13H2. The molecule has 3 saturated carbocycles. The molecule has 0 aliphatic heterocycles. The molecule has 0 aromatic rings. The average Bonchev–Trinajstić information content (AvgIpc) is 2.97. The third-order valence-corrected chi connectivity index (χ3v) is 4.51. The van der Waals surface area contributed by atoms with E-state index in [2.05, 4.69) is 0 Å². The molecular weight excluding hydrogens is 158 g/mol. The fourth-order valence-corrected chi connectivity index (χ4v) is 3.44. The van der Waals surface area contributed by atoms with E-state index in [1.54, 1.807) is 0 Å². The Morgan fingerprint density at radius 3 is 2.38 bits per heavy atom. The van der Waals surface area contributed by atoms with Crippen molar-refractivity contribution >= 4 is 0 Å². The van der Waals surface area contributed by atoms with Crippen molar-refractivity contribution in [2.45, 2.75) is 56.9 Å². The average molecular weight is 179 g/mol. The van der Waals surface area contributed by atoms with Crippen LogP contribution in [-0.2, 0) is 0 Å². The van der Waals surface area contributed by atoms with Crippen molar-refractivity contribution in [1.29, 1.82) is 0 Å². The molecule has 1 nitrogen and oxygen atoms in total. The van der Waals surface area contributed by atoms with Gasteiger partial charge in [0.25, 0.3) is 0 Å². The Morgan fingerprint density at radius 2 is 1.77 bits per heavy atom. The molecule has 3 rings (SSSR count). The zero-order chi connectivity index (χ0) is 8.89. The summed E-state index contributed by atoms with van der Waals surface area (Å²) in [4.78, 5) is 0. The van der Waals surface area contributed by atoms with Crippen molar-refractivity contribution in [3.8, 4) is 0 Å². The van der Waals surface area contributed by atoms with Crippen LogP contribution < -0.4 is 5.73 Å². The van der Waals surface area contributed by atoms with Crippen molar-refractivity contribution in [2.24, 2.45) is 23.5 Å². The van der Waals surface area contributed by atoms with Crippen molar-refractivity contribution in [2.75, 3.05) is 0 Å². The molecule has 3 aliphatic carbocycles. The number of hydrogen-bond acceptors (Lipinski definition) is 1. The summed E-state index contributed by atoms with van der Waals surface area (Å²) in [6.07, 6.45) is 11.6. The summed E-state index contributed by atoms with van der Waals surface area (Å²) in [6, 6.07) is 0. The maximum absolute atomic E-state index is 6.41. The van der Waals surface area contributed by atoms with E-state index in [9.17, 15) is 0 Å². The summed E-state index contributed by atoms with van der Waals surface area (Å²) in [6.45, 7) is 0. The van der Waals surface area contributed by atoms with Gasteiger partial charge in [0.2, 0.25) is 0 Å². The second-order valence-electron chi connectivity index (χ2n) is 5.74. The van der Waals surface area contributed by atoms with Gasteiger partial charge in [-0.1, -0.05) is 38.5 Å². The molecule has 13 heavy (non-hydrogen) atoms. The SMILES string of the molecule is NC1(CC2CC2)CC1C1CCCC1. The van der Waals surface area contributed by atoms with Crippen LogP contribution in [0.4, 0.5) is 0 Å². The van der Waals surface area contributed by atoms with E-state index in [4.69, 9.17) is 5.73 Å². The third-order valence-electron chi connectivity index (χ3n) is 4.51. The van der Waals surface area contributed by atoms with Gasteiger partial charge in [-0.25, -0.2) is 0 Å².